The lowest BCUT2D eigenvalue weighted by Crippen LogP contribution is -2.14. The molecule has 0 bridgehead atoms. The summed E-state index contributed by atoms with van der Waals surface area (Å²) in [6, 6.07) is 0. The second-order valence-corrected chi connectivity index (χ2v) is 5.62. The lowest BCUT2D eigenvalue weighted by molar-refractivity contribution is 0.529. The molecule has 0 aliphatic carbocycles. The van der Waals surface area contributed by atoms with Crippen LogP contribution in [0.3, 0.4) is 0 Å². The van der Waals surface area contributed by atoms with Gasteiger partial charge in [-0.25, -0.2) is 0 Å². The minimum absolute atomic E-state index is 0.528. The Morgan fingerprint density at radius 1 is 1.25 bits per heavy atom. The number of aryl methyl sites for hydroxylation is 1. The maximum atomic E-state index is 4.28. The standard InChI is InChI=1S/C12H23N3S/c1-5-13-8-6-7-11-14-15-12(16-11)10(4)9(2)3/h9-10,13H,5-8H2,1-4H3. The van der Waals surface area contributed by atoms with E-state index in [1.54, 1.807) is 11.3 Å². The quantitative estimate of drug-likeness (QED) is 0.746. The van der Waals surface area contributed by atoms with Gasteiger partial charge in [0, 0.05) is 12.3 Å². The summed E-state index contributed by atoms with van der Waals surface area (Å²) < 4.78 is 0. The third kappa shape index (κ3) is 4.18. The third-order valence-corrected chi connectivity index (χ3v) is 4.05. The highest BCUT2D eigenvalue weighted by Gasteiger charge is 2.14. The number of hydrogen-bond donors (Lipinski definition) is 1. The topological polar surface area (TPSA) is 37.8 Å². The smallest absolute Gasteiger partial charge is 0.120 e. The van der Waals surface area contributed by atoms with Gasteiger partial charge < -0.3 is 5.32 Å². The van der Waals surface area contributed by atoms with Gasteiger partial charge in [0.2, 0.25) is 0 Å². The fraction of sp³-hybridized carbons (Fsp3) is 0.833. The van der Waals surface area contributed by atoms with E-state index < -0.39 is 0 Å². The van der Waals surface area contributed by atoms with Crippen LogP contribution in [-0.2, 0) is 6.42 Å². The Morgan fingerprint density at radius 3 is 2.62 bits per heavy atom. The maximum absolute atomic E-state index is 4.28. The molecule has 92 valence electrons. The second kappa shape index (κ2) is 6.97. The molecule has 0 aliphatic heterocycles. The van der Waals surface area contributed by atoms with Crippen LogP contribution in [0.15, 0.2) is 0 Å². The molecule has 0 saturated carbocycles. The van der Waals surface area contributed by atoms with Crippen molar-refractivity contribution in [2.24, 2.45) is 5.92 Å². The largest absolute Gasteiger partial charge is 0.317 e. The van der Waals surface area contributed by atoms with Gasteiger partial charge in [0.15, 0.2) is 0 Å². The van der Waals surface area contributed by atoms with E-state index in [-0.39, 0.29) is 0 Å². The zero-order chi connectivity index (χ0) is 12.0. The first-order chi connectivity index (χ1) is 7.65. The number of nitrogens with one attached hydrogen (secondary N) is 1. The Morgan fingerprint density at radius 2 is 2.00 bits per heavy atom. The predicted octanol–water partition coefficient (Wildman–Crippen LogP) is 2.84. The predicted molar refractivity (Wildman–Crippen MR) is 70.0 cm³/mol. The normalized spacial score (nSPS) is 13.3. The molecule has 1 rings (SSSR count). The van der Waals surface area contributed by atoms with E-state index in [2.05, 4.69) is 43.2 Å². The highest BCUT2D eigenvalue weighted by atomic mass is 32.1. The molecule has 0 spiro atoms. The summed E-state index contributed by atoms with van der Waals surface area (Å²) in [5.41, 5.74) is 0. The second-order valence-electron chi connectivity index (χ2n) is 4.52. The van der Waals surface area contributed by atoms with E-state index in [1.165, 1.54) is 10.0 Å². The summed E-state index contributed by atoms with van der Waals surface area (Å²) in [6.07, 6.45) is 2.20. The Bertz CT molecular complexity index is 296. The minimum Gasteiger partial charge on any atom is -0.317 e. The summed E-state index contributed by atoms with van der Waals surface area (Å²) >= 11 is 1.78. The number of hydrogen-bond acceptors (Lipinski definition) is 4. The van der Waals surface area contributed by atoms with Crippen LogP contribution in [0.2, 0.25) is 0 Å². The Hall–Kier alpha value is -0.480. The van der Waals surface area contributed by atoms with Crippen LogP contribution in [0.5, 0.6) is 0 Å². The SMILES string of the molecule is CCNCCCc1nnc(C(C)C(C)C)s1. The lowest BCUT2D eigenvalue weighted by Gasteiger charge is -2.10. The Labute approximate surface area is 103 Å². The summed E-state index contributed by atoms with van der Waals surface area (Å²) in [5, 5.41) is 14.2. The molecule has 3 nitrogen and oxygen atoms in total. The fourth-order valence-corrected chi connectivity index (χ4v) is 2.49. The van der Waals surface area contributed by atoms with Crippen molar-refractivity contribution in [2.75, 3.05) is 13.1 Å². The molecule has 1 N–H and O–H groups in total. The number of nitrogens with zero attached hydrogens (tertiary/aromatic N) is 2. The van der Waals surface area contributed by atoms with E-state index >= 15 is 0 Å². The molecule has 0 aliphatic rings. The molecule has 16 heavy (non-hydrogen) atoms. The Kier molecular flexibility index (Phi) is 5.91. The van der Waals surface area contributed by atoms with E-state index in [4.69, 9.17) is 0 Å². The van der Waals surface area contributed by atoms with Crippen molar-refractivity contribution in [3.05, 3.63) is 10.0 Å². The van der Waals surface area contributed by atoms with Crippen molar-refractivity contribution < 1.29 is 0 Å². The molecule has 1 atom stereocenters. The van der Waals surface area contributed by atoms with Gasteiger partial charge in [-0.1, -0.05) is 27.7 Å². The number of aromatic nitrogens is 2. The first-order valence-electron chi connectivity index (χ1n) is 6.18. The van der Waals surface area contributed by atoms with Crippen molar-refractivity contribution in [3.63, 3.8) is 0 Å². The molecule has 0 radical (unpaired) electrons. The number of rotatable bonds is 7. The highest BCUT2D eigenvalue weighted by molar-refractivity contribution is 7.11. The van der Waals surface area contributed by atoms with E-state index in [0.29, 0.717) is 11.8 Å². The van der Waals surface area contributed by atoms with Crippen molar-refractivity contribution in [1.29, 1.82) is 0 Å². The monoisotopic (exact) mass is 241 g/mol. The van der Waals surface area contributed by atoms with Gasteiger partial charge in [-0.05, 0) is 25.4 Å². The molecule has 0 saturated heterocycles. The van der Waals surface area contributed by atoms with Crippen molar-refractivity contribution in [3.8, 4) is 0 Å². The molecule has 1 heterocycles. The van der Waals surface area contributed by atoms with Crippen molar-refractivity contribution in [2.45, 2.75) is 46.5 Å². The molecule has 4 heteroatoms. The zero-order valence-electron chi connectivity index (χ0n) is 10.8. The Balaban J connectivity index is 2.39. The molecule has 1 aromatic rings. The third-order valence-electron chi connectivity index (χ3n) is 2.87. The van der Waals surface area contributed by atoms with Crippen LogP contribution in [0.25, 0.3) is 0 Å². The van der Waals surface area contributed by atoms with Crippen LogP contribution < -0.4 is 5.32 Å². The molecular weight excluding hydrogens is 218 g/mol. The van der Waals surface area contributed by atoms with E-state index in [1.807, 2.05) is 0 Å². The molecule has 0 amide bonds. The van der Waals surface area contributed by atoms with Gasteiger partial charge in [-0.15, -0.1) is 21.5 Å². The maximum Gasteiger partial charge on any atom is 0.120 e. The van der Waals surface area contributed by atoms with Crippen LogP contribution in [0, 0.1) is 5.92 Å². The first kappa shape index (κ1) is 13.6. The summed E-state index contributed by atoms with van der Waals surface area (Å²) in [7, 11) is 0. The molecule has 1 aromatic heterocycles. The van der Waals surface area contributed by atoms with Gasteiger partial charge in [-0.2, -0.15) is 0 Å². The zero-order valence-corrected chi connectivity index (χ0v) is 11.6. The van der Waals surface area contributed by atoms with E-state index in [9.17, 15) is 0 Å². The lowest BCUT2D eigenvalue weighted by atomic mass is 9.99. The van der Waals surface area contributed by atoms with Gasteiger partial charge in [0.05, 0.1) is 0 Å². The van der Waals surface area contributed by atoms with Gasteiger partial charge in [0.25, 0.3) is 0 Å². The van der Waals surface area contributed by atoms with E-state index in [0.717, 1.165) is 25.9 Å². The van der Waals surface area contributed by atoms with Gasteiger partial charge >= 0.3 is 0 Å². The average molecular weight is 241 g/mol. The van der Waals surface area contributed by atoms with Crippen LogP contribution in [0.1, 0.15) is 50.0 Å². The van der Waals surface area contributed by atoms with Gasteiger partial charge in [0.1, 0.15) is 10.0 Å². The molecule has 1 unspecified atom stereocenters. The van der Waals surface area contributed by atoms with Crippen molar-refractivity contribution >= 4 is 11.3 Å². The van der Waals surface area contributed by atoms with Gasteiger partial charge in [-0.3, -0.25) is 0 Å². The van der Waals surface area contributed by atoms with Crippen LogP contribution in [0.4, 0.5) is 0 Å². The molecular formula is C12H23N3S. The first-order valence-corrected chi connectivity index (χ1v) is 6.99. The van der Waals surface area contributed by atoms with Crippen LogP contribution in [-0.4, -0.2) is 23.3 Å². The highest BCUT2D eigenvalue weighted by Crippen LogP contribution is 2.26. The minimum atomic E-state index is 0.528. The average Bonchev–Trinajstić information content (AvgIpc) is 2.72. The summed E-state index contributed by atoms with van der Waals surface area (Å²) in [4.78, 5) is 0. The summed E-state index contributed by atoms with van der Waals surface area (Å²) in [5.74, 6) is 1.17. The van der Waals surface area contributed by atoms with Crippen molar-refractivity contribution in [1.82, 2.24) is 15.5 Å². The summed E-state index contributed by atoms with van der Waals surface area (Å²) in [6.45, 7) is 11.0. The molecule has 0 aromatic carbocycles. The molecule has 0 fully saturated rings. The van der Waals surface area contributed by atoms with Crippen LogP contribution >= 0.6 is 11.3 Å². The fourth-order valence-electron chi connectivity index (χ4n) is 1.38.